The third-order valence-corrected chi connectivity index (χ3v) is 2.31. The zero-order chi connectivity index (χ0) is 12.0. The SMILES string of the molecule is O=C(O)CCCC(c1ccccc1)[N+](=O)[O-]. The fourth-order valence-electron chi connectivity index (χ4n) is 1.52. The Morgan fingerprint density at radius 2 is 2.00 bits per heavy atom. The second-order valence-electron chi connectivity index (χ2n) is 3.50. The van der Waals surface area contributed by atoms with Crippen LogP contribution in [0.3, 0.4) is 0 Å². The number of aliphatic carboxylic acids is 1. The summed E-state index contributed by atoms with van der Waals surface area (Å²) in [5, 5.41) is 19.3. The molecule has 0 saturated heterocycles. The van der Waals surface area contributed by atoms with Gasteiger partial charge in [-0.05, 0) is 6.42 Å². The Morgan fingerprint density at radius 1 is 1.38 bits per heavy atom. The van der Waals surface area contributed by atoms with Crippen molar-refractivity contribution in [2.45, 2.75) is 25.3 Å². The number of carbonyl (C=O) groups is 1. The summed E-state index contributed by atoms with van der Waals surface area (Å²) in [4.78, 5) is 20.8. The molecule has 1 rings (SSSR count). The first kappa shape index (κ1) is 12.2. The molecule has 1 aromatic carbocycles. The van der Waals surface area contributed by atoms with Crippen LogP contribution in [-0.4, -0.2) is 16.0 Å². The zero-order valence-corrected chi connectivity index (χ0v) is 8.70. The molecular formula is C11H13NO4. The van der Waals surface area contributed by atoms with Crippen LogP contribution in [-0.2, 0) is 4.79 Å². The van der Waals surface area contributed by atoms with Crippen molar-refractivity contribution < 1.29 is 14.8 Å². The monoisotopic (exact) mass is 223 g/mol. The Morgan fingerprint density at radius 3 is 2.50 bits per heavy atom. The Hall–Kier alpha value is -1.91. The normalized spacial score (nSPS) is 12.0. The van der Waals surface area contributed by atoms with Crippen LogP contribution >= 0.6 is 0 Å². The Kier molecular flexibility index (Phi) is 4.44. The molecule has 1 unspecified atom stereocenters. The van der Waals surface area contributed by atoms with Crippen molar-refractivity contribution >= 4 is 5.97 Å². The molecule has 1 N–H and O–H groups in total. The van der Waals surface area contributed by atoms with Gasteiger partial charge in [0.15, 0.2) is 0 Å². The molecule has 0 amide bonds. The predicted octanol–water partition coefficient (Wildman–Crippen LogP) is 2.26. The highest BCUT2D eigenvalue weighted by atomic mass is 16.6. The van der Waals surface area contributed by atoms with Gasteiger partial charge in [-0.1, -0.05) is 30.3 Å². The number of hydrogen-bond acceptors (Lipinski definition) is 3. The Labute approximate surface area is 92.9 Å². The molecule has 0 fully saturated rings. The standard InChI is InChI=1S/C11H13NO4/c13-11(14)8-4-7-10(12(15)16)9-5-2-1-3-6-9/h1-3,5-6,10H,4,7-8H2,(H,13,14). The van der Waals surface area contributed by atoms with E-state index in [1.54, 1.807) is 30.3 Å². The fraction of sp³-hybridized carbons (Fsp3) is 0.364. The average molecular weight is 223 g/mol. The van der Waals surface area contributed by atoms with Crippen molar-refractivity contribution in [3.05, 3.63) is 46.0 Å². The number of nitro groups is 1. The number of benzene rings is 1. The van der Waals surface area contributed by atoms with Crippen molar-refractivity contribution in [3.63, 3.8) is 0 Å². The van der Waals surface area contributed by atoms with Crippen LogP contribution in [0.4, 0.5) is 0 Å². The molecule has 86 valence electrons. The van der Waals surface area contributed by atoms with Crippen LogP contribution in [0.1, 0.15) is 30.9 Å². The van der Waals surface area contributed by atoms with Gasteiger partial charge < -0.3 is 5.11 Å². The Bertz CT molecular complexity index is 364. The van der Waals surface area contributed by atoms with Gasteiger partial charge in [0.05, 0.1) is 0 Å². The van der Waals surface area contributed by atoms with Crippen LogP contribution in [0.5, 0.6) is 0 Å². The molecule has 0 heterocycles. The van der Waals surface area contributed by atoms with Crippen LogP contribution in [0.2, 0.25) is 0 Å². The molecule has 5 nitrogen and oxygen atoms in total. The van der Waals surface area contributed by atoms with E-state index in [0.717, 1.165) is 0 Å². The highest BCUT2D eigenvalue weighted by Crippen LogP contribution is 2.22. The molecule has 0 aliphatic heterocycles. The molecule has 0 saturated carbocycles. The van der Waals surface area contributed by atoms with Crippen molar-refractivity contribution in [1.82, 2.24) is 0 Å². The second kappa shape index (κ2) is 5.85. The average Bonchev–Trinajstić information content (AvgIpc) is 2.25. The summed E-state index contributed by atoms with van der Waals surface area (Å²) < 4.78 is 0. The van der Waals surface area contributed by atoms with Crippen LogP contribution in [0, 0.1) is 10.1 Å². The summed E-state index contributed by atoms with van der Waals surface area (Å²) in [6.07, 6.45) is 0.538. The number of carboxylic acids is 1. The van der Waals surface area contributed by atoms with Gasteiger partial charge in [0.1, 0.15) is 0 Å². The third-order valence-electron chi connectivity index (χ3n) is 2.31. The lowest BCUT2D eigenvalue weighted by Crippen LogP contribution is -2.11. The lowest BCUT2D eigenvalue weighted by Gasteiger charge is -2.08. The smallest absolute Gasteiger partial charge is 0.303 e. The van der Waals surface area contributed by atoms with E-state index in [1.165, 1.54) is 0 Å². The minimum atomic E-state index is -0.921. The largest absolute Gasteiger partial charge is 0.481 e. The minimum absolute atomic E-state index is 0.0306. The van der Waals surface area contributed by atoms with E-state index in [9.17, 15) is 14.9 Å². The van der Waals surface area contributed by atoms with E-state index in [2.05, 4.69) is 0 Å². The molecule has 16 heavy (non-hydrogen) atoms. The summed E-state index contributed by atoms with van der Waals surface area (Å²) in [6.45, 7) is 0. The maximum absolute atomic E-state index is 10.8. The van der Waals surface area contributed by atoms with E-state index in [0.29, 0.717) is 12.0 Å². The maximum Gasteiger partial charge on any atom is 0.303 e. The number of carboxylic acid groups (broad SMARTS) is 1. The van der Waals surface area contributed by atoms with Gasteiger partial charge in [0.25, 0.3) is 0 Å². The van der Waals surface area contributed by atoms with Crippen LogP contribution < -0.4 is 0 Å². The highest BCUT2D eigenvalue weighted by molar-refractivity contribution is 5.66. The summed E-state index contributed by atoms with van der Waals surface area (Å²) in [5.41, 5.74) is 0.623. The van der Waals surface area contributed by atoms with Crippen LogP contribution in [0.15, 0.2) is 30.3 Å². The van der Waals surface area contributed by atoms with Crippen molar-refractivity contribution in [2.24, 2.45) is 0 Å². The first-order valence-corrected chi connectivity index (χ1v) is 5.01. The van der Waals surface area contributed by atoms with Gasteiger partial charge in [-0.15, -0.1) is 0 Å². The van der Waals surface area contributed by atoms with Gasteiger partial charge in [0, 0.05) is 23.3 Å². The topological polar surface area (TPSA) is 80.4 Å². The lowest BCUT2D eigenvalue weighted by atomic mass is 10.0. The first-order valence-electron chi connectivity index (χ1n) is 5.01. The molecule has 1 aromatic rings. The first-order chi connectivity index (χ1) is 7.61. The van der Waals surface area contributed by atoms with E-state index >= 15 is 0 Å². The number of nitrogens with zero attached hydrogens (tertiary/aromatic N) is 1. The molecule has 0 radical (unpaired) electrons. The molecule has 5 heteroatoms. The minimum Gasteiger partial charge on any atom is -0.481 e. The zero-order valence-electron chi connectivity index (χ0n) is 8.70. The van der Waals surface area contributed by atoms with Crippen molar-refractivity contribution in [2.75, 3.05) is 0 Å². The van der Waals surface area contributed by atoms with Gasteiger partial charge in [-0.3, -0.25) is 14.9 Å². The fourth-order valence-corrected chi connectivity index (χ4v) is 1.52. The summed E-state index contributed by atoms with van der Waals surface area (Å²) in [7, 11) is 0. The maximum atomic E-state index is 10.8. The Balaban J connectivity index is 2.62. The summed E-state index contributed by atoms with van der Waals surface area (Å²) in [6, 6.07) is 7.84. The highest BCUT2D eigenvalue weighted by Gasteiger charge is 2.21. The van der Waals surface area contributed by atoms with E-state index in [4.69, 9.17) is 5.11 Å². The van der Waals surface area contributed by atoms with Gasteiger partial charge in [-0.2, -0.15) is 0 Å². The summed E-state index contributed by atoms with van der Waals surface area (Å²) in [5.74, 6) is -0.921. The molecule has 0 spiro atoms. The van der Waals surface area contributed by atoms with Gasteiger partial charge in [0.2, 0.25) is 6.04 Å². The van der Waals surface area contributed by atoms with E-state index < -0.39 is 12.0 Å². The van der Waals surface area contributed by atoms with E-state index in [1.807, 2.05) is 0 Å². The van der Waals surface area contributed by atoms with Gasteiger partial charge in [-0.25, -0.2) is 0 Å². The van der Waals surface area contributed by atoms with Crippen molar-refractivity contribution in [1.29, 1.82) is 0 Å². The summed E-state index contributed by atoms with van der Waals surface area (Å²) >= 11 is 0. The molecule has 0 aliphatic carbocycles. The molecule has 0 bridgehead atoms. The molecular weight excluding hydrogens is 210 g/mol. The van der Waals surface area contributed by atoms with Gasteiger partial charge >= 0.3 is 5.97 Å². The predicted molar refractivity (Wildman–Crippen MR) is 57.7 cm³/mol. The van der Waals surface area contributed by atoms with Crippen LogP contribution in [0.25, 0.3) is 0 Å². The number of hydrogen-bond donors (Lipinski definition) is 1. The van der Waals surface area contributed by atoms with Crippen molar-refractivity contribution in [3.8, 4) is 0 Å². The quantitative estimate of drug-likeness (QED) is 0.592. The molecule has 0 aliphatic rings. The molecule has 0 aromatic heterocycles. The second-order valence-corrected chi connectivity index (χ2v) is 3.50. The third kappa shape index (κ3) is 3.68. The number of rotatable bonds is 6. The van der Waals surface area contributed by atoms with E-state index in [-0.39, 0.29) is 17.8 Å². The molecule has 1 atom stereocenters. The lowest BCUT2D eigenvalue weighted by molar-refractivity contribution is -0.530.